The van der Waals surface area contributed by atoms with Gasteiger partial charge in [-0.3, -0.25) is 9.59 Å². The van der Waals surface area contributed by atoms with Crippen LogP contribution < -0.4 is 10.1 Å². The summed E-state index contributed by atoms with van der Waals surface area (Å²) in [5, 5.41) is 11.8. The van der Waals surface area contributed by atoms with Gasteiger partial charge in [-0.1, -0.05) is 29.5 Å². The molecule has 7 nitrogen and oxygen atoms in total. The number of ether oxygens (including phenoxy) is 1. The lowest BCUT2D eigenvalue weighted by Crippen LogP contribution is -2.24. The molecule has 0 radical (unpaired) electrons. The number of thioether (sulfide) groups is 1. The highest BCUT2D eigenvalue weighted by molar-refractivity contribution is 7.99. The number of amides is 1. The first-order valence-electron chi connectivity index (χ1n) is 9.84. The first kappa shape index (κ1) is 22.6. The minimum absolute atomic E-state index is 0.0190. The van der Waals surface area contributed by atoms with Crippen molar-refractivity contribution in [3.63, 3.8) is 0 Å². The number of nitrogens with zero attached hydrogens (tertiary/aromatic N) is 3. The standard InChI is InChI=1S/C23H26N4O3S/c1-14-7-6-8-17(9-14)22(29)24-12-21-25-26-23(27(21)4)31-13-19(28)18-10-16(3)20(30-5)11-15(18)2/h6-11H,12-13H2,1-5H3,(H,24,29). The lowest BCUT2D eigenvalue weighted by atomic mass is 10.0. The zero-order valence-electron chi connectivity index (χ0n) is 18.4. The fourth-order valence-electron chi connectivity index (χ4n) is 3.19. The molecule has 1 aromatic heterocycles. The van der Waals surface area contributed by atoms with Gasteiger partial charge in [0.1, 0.15) is 5.75 Å². The first-order chi connectivity index (χ1) is 14.8. The predicted molar refractivity (Wildman–Crippen MR) is 121 cm³/mol. The summed E-state index contributed by atoms with van der Waals surface area (Å²) in [7, 11) is 3.44. The third kappa shape index (κ3) is 5.32. The van der Waals surface area contributed by atoms with E-state index in [2.05, 4.69) is 15.5 Å². The SMILES string of the molecule is COc1cc(C)c(C(=O)CSc2nnc(CNC(=O)c3cccc(C)c3)n2C)cc1C. The van der Waals surface area contributed by atoms with Crippen molar-refractivity contribution in [2.45, 2.75) is 32.5 Å². The molecule has 0 atom stereocenters. The molecule has 0 saturated heterocycles. The van der Waals surface area contributed by atoms with Crippen molar-refractivity contribution in [1.29, 1.82) is 0 Å². The molecule has 0 aliphatic rings. The smallest absolute Gasteiger partial charge is 0.251 e. The first-order valence-corrected chi connectivity index (χ1v) is 10.8. The molecule has 3 rings (SSSR count). The number of benzene rings is 2. The molecule has 1 heterocycles. The largest absolute Gasteiger partial charge is 0.496 e. The molecule has 3 aromatic rings. The summed E-state index contributed by atoms with van der Waals surface area (Å²) in [5.41, 5.74) is 4.11. The summed E-state index contributed by atoms with van der Waals surface area (Å²) >= 11 is 1.32. The van der Waals surface area contributed by atoms with Crippen LogP contribution in [0.4, 0.5) is 0 Å². The summed E-state index contributed by atoms with van der Waals surface area (Å²) in [6.07, 6.45) is 0. The molecule has 1 N–H and O–H groups in total. The molecule has 1 amide bonds. The Morgan fingerprint density at radius 2 is 1.87 bits per heavy atom. The second kappa shape index (κ2) is 9.78. The third-order valence-electron chi connectivity index (χ3n) is 4.99. The Morgan fingerprint density at radius 3 is 2.58 bits per heavy atom. The van der Waals surface area contributed by atoms with Crippen molar-refractivity contribution in [3.05, 3.63) is 70.0 Å². The van der Waals surface area contributed by atoms with Gasteiger partial charge in [0.15, 0.2) is 16.8 Å². The van der Waals surface area contributed by atoms with Crippen LogP contribution in [0.1, 0.15) is 43.2 Å². The second-order valence-electron chi connectivity index (χ2n) is 7.36. The maximum Gasteiger partial charge on any atom is 0.251 e. The van der Waals surface area contributed by atoms with Gasteiger partial charge in [-0.25, -0.2) is 0 Å². The predicted octanol–water partition coefficient (Wildman–Crippen LogP) is 3.65. The molecule has 31 heavy (non-hydrogen) atoms. The molecule has 8 heteroatoms. The number of carbonyl (C=O) groups is 2. The summed E-state index contributed by atoms with van der Waals surface area (Å²) in [5.74, 6) is 1.49. The molecule has 0 fully saturated rings. The molecular weight excluding hydrogens is 412 g/mol. The van der Waals surface area contributed by atoms with Gasteiger partial charge in [0, 0.05) is 18.2 Å². The van der Waals surface area contributed by atoms with Gasteiger partial charge in [0.25, 0.3) is 5.91 Å². The highest BCUT2D eigenvalue weighted by Crippen LogP contribution is 2.25. The molecule has 162 valence electrons. The van der Waals surface area contributed by atoms with E-state index in [0.717, 1.165) is 22.4 Å². The highest BCUT2D eigenvalue weighted by Gasteiger charge is 2.16. The van der Waals surface area contributed by atoms with Crippen molar-refractivity contribution in [2.75, 3.05) is 12.9 Å². The van der Waals surface area contributed by atoms with Crippen LogP contribution in [-0.2, 0) is 13.6 Å². The van der Waals surface area contributed by atoms with Gasteiger partial charge in [0.05, 0.1) is 19.4 Å². The maximum atomic E-state index is 12.7. The lowest BCUT2D eigenvalue weighted by Gasteiger charge is -2.10. The number of hydrogen-bond acceptors (Lipinski definition) is 6. The van der Waals surface area contributed by atoms with Crippen molar-refractivity contribution in [1.82, 2.24) is 20.1 Å². The molecule has 0 saturated carbocycles. The van der Waals surface area contributed by atoms with E-state index >= 15 is 0 Å². The number of hydrogen-bond donors (Lipinski definition) is 1. The number of aryl methyl sites for hydroxylation is 3. The molecule has 2 aromatic carbocycles. The number of aromatic nitrogens is 3. The summed E-state index contributed by atoms with van der Waals surface area (Å²) in [6.45, 7) is 6.01. The molecular formula is C23H26N4O3S. The van der Waals surface area contributed by atoms with Gasteiger partial charge in [-0.05, 0) is 56.2 Å². The lowest BCUT2D eigenvalue weighted by molar-refractivity contribution is 0.0948. The highest BCUT2D eigenvalue weighted by atomic mass is 32.2. The molecule has 0 aliphatic heterocycles. The fourth-order valence-corrected chi connectivity index (χ4v) is 4.00. The van der Waals surface area contributed by atoms with Crippen LogP contribution in [0, 0.1) is 20.8 Å². The van der Waals surface area contributed by atoms with Crippen molar-refractivity contribution in [3.8, 4) is 5.75 Å². The number of ketones is 1. The topological polar surface area (TPSA) is 86.1 Å². The van der Waals surface area contributed by atoms with E-state index in [9.17, 15) is 9.59 Å². The molecule has 0 aliphatic carbocycles. The summed E-state index contributed by atoms with van der Waals surface area (Å²) in [4.78, 5) is 25.1. The van der Waals surface area contributed by atoms with Crippen LogP contribution in [0.25, 0.3) is 0 Å². The van der Waals surface area contributed by atoms with Crippen LogP contribution in [0.3, 0.4) is 0 Å². The quantitative estimate of drug-likeness (QED) is 0.427. The summed E-state index contributed by atoms with van der Waals surface area (Å²) < 4.78 is 7.11. The summed E-state index contributed by atoms with van der Waals surface area (Å²) in [6, 6.07) is 11.1. The van der Waals surface area contributed by atoms with Gasteiger partial charge in [0.2, 0.25) is 0 Å². The normalized spacial score (nSPS) is 10.7. The third-order valence-corrected chi connectivity index (χ3v) is 6.01. The van der Waals surface area contributed by atoms with Crippen LogP contribution in [-0.4, -0.2) is 39.3 Å². The van der Waals surface area contributed by atoms with Crippen LogP contribution >= 0.6 is 11.8 Å². The van der Waals surface area contributed by atoms with Crippen molar-refractivity contribution >= 4 is 23.5 Å². The zero-order valence-corrected chi connectivity index (χ0v) is 19.2. The Kier molecular flexibility index (Phi) is 7.12. The Hall–Kier alpha value is -3.13. The van der Waals surface area contributed by atoms with E-state index in [4.69, 9.17) is 4.74 Å². The molecule has 0 bridgehead atoms. The Balaban J connectivity index is 1.61. The number of methoxy groups -OCH3 is 1. The van der Waals surface area contributed by atoms with E-state index in [-0.39, 0.29) is 24.0 Å². The Bertz CT molecular complexity index is 1120. The van der Waals surface area contributed by atoms with Gasteiger partial charge in [-0.2, -0.15) is 0 Å². The minimum Gasteiger partial charge on any atom is -0.496 e. The van der Waals surface area contributed by atoms with E-state index in [1.165, 1.54) is 11.8 Å². The van der Waals surface area contributed by atoms with Crippen LogP contribution in [0.15, 0.2) is 41.6 Å². The van der Waals surface area contributed by atoms with Crippen LogP contribution in [0.5, 0.6) is 5.75 Å². The van der Waals surface area contributed by atoms with E-state index < -0.39 is 0 Å². The molecule has 0 unspecified atom stereocenters. The van der Waals surface area contributed by atoms with Crippen molar-refractivity contribution in [2.24, 2.45) is 7.05 Å². The maximum absolute atomic E-state index is 12.7. The van der Waals surface area contributed by atoms with Gasteiger partial charge < -0.3 is 14.6 Å². The zero-order chi connectivity index (χ0) is 22.5. The minimum atomic E-state index is -0.165. The monoisotopic (exact) mass is 438 g/mol. The van der Waals surface area contributed by atoms with Gasteiger partial charge >= 0.3 is 0 Å². The van der Waals surface area contributed by atoms with E-state index in [1.807, 2.05) is 58.2 Å². The number of nitrogens with one attached hydrogen (secondary N) is 1. The Morgan fingerprint density at radius 1 is 1.10 bits per heavy atom. The fraction of sp³-hybridized carbons (Fsp3) is 0.304. The average molecular weight is 439 g/mol. The van der Waals surface area contributed by atoms with E-state index in [0.29, 0.717) is 22.1 Å². The number of carbonyl (C=O) groups excluding carboxylic acids is 2. The Labute approximate surface area is 186 Å². The number of rotatable bonds is 8. The van der Waals surface area contributed by atoms with Crippen LogP contribution in [0.2, 0.25) is 0 Å². The molecule has 0 spiro atoms. The average Bonchev–Trinajstić information content (AvgIpc) is 3.10. The van der Waals surface area contributed by atoms with Gasteiger partial charge in [-0.15, -0.1) is 10.2 Å². The van der Waals surface area contributed by atoms with Crippen molar-refractivity contribution < 1.29 is 14.3 Å². The second-order valence-corrected chi connectivity index (χ2v) is 8.30. The van der Waals surface area contributed by atoms with E-state index in [1.54, 1.807) is 17.7 Å². The number of Topliss-reactive ketones (excluding diaryl/α,β-unsaturated/α-hetero) is 1.